The van der Waals surface area contributed by atoms with E-state index < -0.39 is 23.5 Å². The number of nitrogens with one attached hydrogen (secondary N) is 1. The lowest BCUT2D eigenvalue weighted by Crippen LogP contribution is -2.24. The number of ether oxygens (including phenoxy) is 1. The first-order chi connectivity index (χ1) is 11.1. The molecular weight excluding hydrogens is 307 g/mol. The maximum atomic E-state index is 13.4. The van der Waals surface area contributed by atoms with Crippen LogP contribution < -0.4 is 5.32 Å². The molecule has 2 aromatic rings. The highest BCUT2D eigenvalue weighted by Gasteiger charge is 2.07. The first kappa shape index (κ1) is 16.6. The van der Waals surface area contributed by atoms with Crippen LogP contribution in [0.5, 0.6) is 0 Å². The molecule has 0 aliphatic rings. The number of benzene rings is 2. The Labute approximate surface area is 131 Å². The minimum absolute atomic E-state index is 0.0616. The molecule has 1 amide bonds. The van der Waals surface area contributed by atoms with E-state index in [4.69, 9.17) is 4.74 Å². The van der Waals surface area contributed by atoms with Gasteiger partial charge in [-0.2, -0.15) is 0 Å². The van der Waals surface area contributed by atoms with Crippen molar-refractivity contribution in [3.63, 3.8) is 0 Å². The second kappa shape index (κ2) is 8.03. The number of carbonyl (C=O) groups excluding carboxylic acids is 1. The smallest absolute Gasteiger partial charge is 0.407 e. The van der Waals surface area contributed by atoms with E-state index in [0.717, 1.165) is 11.6 Å². The molecule has 0 aliphatic heterocycles. The van der Waals surface area contributed by atoms with Crippen LogP contribution in [-0.2, 0) is 11.3 Å². The quantitative estimate of drug-likeness (QED) is 0.844. The number of hydrogen-bond acceptors (Lipinski definition) is 2. The van der Waals surface area contributed by atoms with Gasteiger partial charge in [0.05, 0.1) is 0 Å². The summed E-state index contributed by atoms with van der Waals surface area (Å²) in [4.78, 5) is 11.4. The number of amides is 1. The minimum Gasteiger partial charge on any atom is -0.445 e. The average Bonchev–Trinajstić information content (AvgIpc) is 2.55. The molecule has 0 aromatic heterocycles. The number of hydrogen-bond donors (Lipinski definition) is 1. The molecule has 0 unspecified atom stereocenters. The normalized spacial score (nSPS) is 10.7. The van der Waals surface area contributed by atoms with Gasteiger partial charge < -0.3 is 10.1 Å². The van der Waals surface area contributed by atoms with Crippen LogP contribution in [0.4, 0.5) is 18.0 Å². The first-order valence-corrected chi connectivity index (χ1v) is 6.82. The summed E-state index contributed by atoms with van der Waals surface area (Å²) in [7, 11) is 0. The van der Waals surface area contributed by atoms with Crippen LogP contribution in [0.25, 0.3) is 6.08 Å². The van der Waals surface area contributed by atoms with E-state index in [-0.39, 0.29) is 18.7 Å². The van der Waals surface area contributed by atoms with Crippen molar-refractivity contribution in [3.05, 3.63) is 77.1 Å². The van der Waals surface area contributed by atoms with E-state index in [0.29, 0.717) is 6.07 Å². The highest BCUT2D eigenvalue weighted by Crippen LogP contribution is 2.14. The van der Waals surface area contributed by atoms with E-state index in [1.54, 1.807) is 0 Å². The fourth-order valence-electron chi connectivity index (χ4n) is 1.77. The minimum atomic E-state index is -1.25. The van der Waals surface area contributed by atoms with Crippen molar-refractivity contribution in [2.24, 2.45) is 0 Å². The van der Waals surface area contributed by atoms with Crippen LogP contribution in [0.2, 0.25) is 0 Å². The Balaban J connectivity index is 1.78. The van der Waals surface area contributed by atoms with Gasteiger partial charge in [0.25, 0.3) is 0 Å². The van der Waals surface area contributed by atoms with Gasteiger partial charge in [-0.15, -0.1) is 0 Å². The zero-order valence-electron chi connectivity index (χ0n) is 12.1. The van der Waals surface area contributed by atoms with Gasteiger partial charge in [-0.3, -0.25) is 0 Å². The summed E-state index contributed by atoms with van der Waals surface area (Å²) in [6.45, 7) is 0.195. The van der Waals surface area contributed by atoms with Gasteiger partial charge in [0, 0.05) is 18.2 Å². The van der Waals surface area contributed by atoms with E-state index in [1.807, 2.05) is 30.3 Å². The Bertz CT molecular complexity index is 702. The summed E-state index contributed by atoms with van der Waals surface area (Å²) < 4.78 is 44.1. The maximum Gasteiger partial charge on any atom is 0.407 e. The van der Waals surface area contributed by atoms with Gasteiger partial charge in [0.1, 0.15) is 12.4 Å². The molecule has 120 valence electrons. The largest absolute Gasteiger partial charge is 0.445 e. The maximum absolute atomic E-state index is 13.4. The summed E-state index contributed by atoms with van der Waals surface area (Å²) in [5.74, 6) is -3.27. The van der Waals surface area contributed by atoms with Crippen LogP contribution in [0.1, 0.15) is 11.1 Å². The van der Waals surface area contributed by atoms with Gasteiger partial charge in [0.15, 0.2) is 11.6 Å². The lowest BCUT2D eigenvalue weighted by molar-refractivity contribution is 0.141. The molecule has 2 rings (SSSR count). The van der Waals surface area contributed by atoms with Crippen molar-refractivity contribution >= 4 is 12.2 Å². The Kier molecular flexibility index (Phi) is 5.80. The van der Waals surface area contributed by atoms with Crippen molar-refractivity contribution in [2.45, 2.75) is 6.61 Å². The third-order valence-electron chi connectivity index (χ3n) is 2.91. The van der Waals surface area contributed by atoms with Crippen molar-refractivity contribution in [1.82, 2.24) is 5.32 Å². The molecule has 0 spiro atoms. The lowest BCUT2D eigenvalue weighted by atomic mass is 10.2. The number of alkyl carbamates (subject to hydrolysis) is 1. The molecule has 2 aromatic carbocycles. The summed E-state index contributed by atoms with van der Waals surface area (Å²) in [6.07, 6.45) is 2.01. The second-order valence-electron chi connectivity index (χ2n) is 4.63. The zero-order valence-corrected chi connectivity index (χ0v) is 12.1. The van der Waals surface area contributed by atoms with Crippen molar-refractivity contribution < 1.29 is 22.7 Å². The van der Waals surface area contributed by atoms with Gasteiger partial charge in [-0.25, -0.2) is 18.0 Å². The molecule has 23 heavy (non-hydrogen) atoms. The van der Waals surface area contributed by atoms with Gasteiger partial charge in [-0.1, -0.05) is 42.5 Å². The molecule has 0 bridgehead atoms. The molecular formula is C17H14F3NO2. The SMILES string of the molecule is O=C(NCC=Cc1cc(F)c(F)cc1F)OCc1ccccc1. The Morgan fingerprint density at radius 2 is 1.74 bits per heavy atom. The van der Waals surface area contributed by atoms with Crippen molar-refractivity contribution in [1.29, 1.82) is 0 Å². The summed E-state index contributed by atoms with van der Waals surface area (Å²) in [6, 6.07) is 10.4. The fraction of sp³-hybridized carbons (Fsp3) is 0.118. The third-order valence-corrected chi connectivity index (χ3v) is 2.91. The van der Waals surface area contributed by atoms with E-state index in [9.17, 15) is 18.0 Å². The standard InChI is InChI=1S/C17H14F3NO2/c18-14-10-16(20)15(19)9-13(14)7-4-8-21-17(22)23-11-12-5-2-1-3-6-12/h1-7,9-10H,8,11H2,(H,21,22). The highest BCUT2D eigenvalue weighted by molar-refractivity contribution is 5.67. The van der Waals surface area contributed by atoms with Gasteiger partial charge in [-0.05, 0) is 11.6 Å². The molecule has 0 saturated carbocycles. The van der Waals surface area contributed by atoms with E-state index in [2.05, 4.69) is 5.32 Å². The number of halogens is 3. The summed E-state index contributed by atoms with van der Waals surface area (Å²) >= 11 is 0. The molecule has 1 N–H and O–H groups in total. The molecule has 3 nitrogen and oxygen atoms in total. The molecule has 0 atom stereocenters. The van der Waals surface area contributed by atoms with Crippen LogP contribution in [0.3, 0.4) is 0 Å². The van der Waals surface area contributed by atoms with Gasteiger partial charge >= 0.3 is 6.09 Å². The molecule has 0 fully saturated rings. The number of carbonyl (C=O) groups is 1. The Morgan fingerprint density at radius 3 is 2.48 bits per heavy atom. The predicted octanol–water partition coefficient (Wildman–Crippen LogP) is 4.04. The molecule has 0 aliphatic carbocycles. The third kappa shape index (κ3) is 5.18. The first-order valence-electron chi connectivity index (χ1n) is 6.82. The average molecular weight is 321 g/mol. The number of rotatable bonds is 5. The zero-order chi connectivity index (χ0) is 16.7. The van der Waals surface area contributed by atoms with Crippen LogP contribution in [0, 0.1) is 17.5 Å². The summed E-state index contributed by atoms with van der Waals surface area (Å²) in [5.41, 5.74) is 0.741. The van der Waals surface area contributed by atoms with Crippen LogP contribution in [-0.4, -0.2) is 12.6 Å². The predicted molar refractivity (Wildman–Crippen MR) is 80.0 cm³/mol. The van der Waals surface area contributed by atoms with E-state index >= 15 is 0 Å². The van der Waals surface area contributed by atoms with E-state index in [1.165, 1.54) is 12.2 Å². The highest BCUT2D eigenvalue weighted by atomic mass is 19.2. The van der Waals surface area contributed by atoms with Crippen LogP contribution >= 0.6 is 0 Å². The Morgan fingerprint density at radius 1 is 1.04 bits per heavy atom. The topological polar surface area (TPSA) is 38.3 Å². The monoisotopic (exact) mass is 321 g/mol. The van der Waals surface area contributed by atoms with Crippen LogP contribution in [0.15, 0.2) is 48.5 Å². The van der Waals surface area contributed by atoms with Gasteiger partial charge in [0.2, 0.25) is 0 Å². The van der Waals surface area contributed by atoms with Crippen molar-refractivity contribution in [3.8, 4) is 0 Å². The molecule has 0 saturated heterocycles. The molecule has 0 heterocycles. The molecule has 0 radical (unpaired) electrons. The second-order valence-corrected chi connectivity index (χ2v) is 4.63. The lowest BCUT2D eigenvalue weighted by Gasteiger charge is -2.05. The fourth-order valence-corrected chi connectivity index (χ4v) is 1.77. The summed E-state index contributed by atoms with van der Waals surface area (Å²) in [5, 5.41) is 2.43. The van der Waals surface area contributed by atoms with Crippen molar-refractivity contribution in [2.75, 3.05) is 6.54 Å². The Hall–Kier alpha value is -2.76. The molecule has 6 heteroatoms.